The Kier molecular flexibility index (Phi) is 5.41. The summed E-state index contributed by atoms with van der Waals surface area (Å²) in [5, 5.41) is 0.575. The van der Waals surface area contributed by atoms with Gasteiger partial charge >= 0.3 is 5.97 Å². The van der Waals surface area contributed by atoms with E-state index in [-0.39, 0.29) is 11.4 Å². The van der Waals surface area contributed by atoms with E-state index in [1.807, 2.05) is 11.8 Å². The topological polar surface area (TPSA) is 52.3 Å². The lowest BCUT2D eigenvalue weighted by atomic mass is 9.79. The first-order valence-electron chi connectivity index (χ1n) is 7.90. The summed E-state index contributed by atoms with van der Waals surface area (Å²) >= 11 is 2.02. The molecule has 2 saturated carbocycles. The molecular formula is C16H29NO2S. The SMILES string of the molecule is COC(=O)CC1(CSC2CC(C(C)C)CCC2N)CC1. The number of ether oxygens (including phenoxy) is 1. The summed E-state index contributed by atoms with van der Waals surface area (Å²) in [6.07, 6.45) is 6.62. The van der Waals surface area contributed by atoms with Crippen molar-refractivity contribution in [3.63, 3.8) is 0 Å². The van der Waals surface area contributed by atoms with Gasteiger partial charge in [-0.3, -0.25) is 4.79 Å². The summed E-state index contributed by atoms with van der Waals surface area (Å²) in [7, 11) is 1.48. The molecule has 0 saturated heterocycles. The third-order valence-electron chi connectivity index (χ3n) is 5.13. The largest absolute Gasteiger partial charge is 0.469 e. The minimum atomic E-state index is -0.0592. The maximum absolute atomic E-state index is 11.5. The van der Waals surface area contributed by atoms with Crippen LogP contribution < -0.4 is 5.73 Å². The Balaban J connectivity index is 1.81. The van der Waals surface area contributed by atoms with Crippen LogP contribution in [0.1, 0.15) is 52.4 Å². The van der Waals surface area contributed by atoms with Crippen LogP contribution in [0.5, 0.6) is 0 Å². The van der Waals surface area contributed by atoms with Crippen molar-refractivity contribution in [3.05, 3.63) is 0 Å². The van der Waals surface area contributed by atoms with Gasteiger partial charge in [0.2, 0.25) is 0 Å². The quantitative estimate of drug-likeness (QED) is 0.765. The van der Waals surface area contributed by atoms with Gasteiger partial charge in [-0.05, 0) is 55.1 Å². The maximum atomic E-state index is 11.5. The second-order valence-electron chi connectivity index (χ2n) is 7.08. The molecule has 2 aliphatic rings. The molecule has 0 aliphatic heterocycles. The Morgan fingerprint density at radius 2 is 2.10 bits per heavy atom. The lowest BCUT2D eigenvalue weighted by Gasteiger charge is -2.36. The zero-order chi connectivity index (χ0) is 14.8. The van der Waals surface area contributed by atoms with Crippen LogP contribution in [-0.4, -0.2) is 30.1 Å². The van der Waals surface area contributed by atoms with Gasteiger partial charge in [-0.1, -0.05) is 13.8 Å². The molecule has 4 heteroatoms. The normalized spacial score (nSPS) is 32.1. The summed E-state index contributed by atoms with van der Waals surface area (Å²) < 4.78 is 4.81. The van der Waals surface area contributed by atoms with Crippen molar-refractivity contribution in [1.82, 2.24) is 0 Å². The molecule has 2 aliphatic carbocycles. The van der Waals surface area contributed by atoms with Crippen molar-refractivity contribution >= 4 is 17.7 Å². The minimum Gasteiger partial charge on any atom is -0.469 e. The van der Waals surface area contributed by atoms with Crippen molar-refractivity contribution < 1.29 is 9.53 Å². The number of rotatable bonds is 6. The first-order chi connectivity index (χ1) is 9.46. The van der Waals surface area contributed by atoms with Crippen LogP contribution >= 0.6 is 11.8 Å². The van der Waals surface area contributed by atoms with Crippen molar-refractivity contribution in [2.75, 3.05) is 12.9 Å². The Hall–Kier alpha value is -0.220. The summed E-state index contributed by atoms with van der Waals surface area (Å²) in [5.74, 6) is 2.60. The summed E-state index contributed by atoms with van der Waals surface area (Å²) in [4.78, 5) is 11.5. The number of hydrogen-bond acceptors (Lipinski definition) is 4. The number of nitrogens with two attached hydrogens (primary N) is 1. The van der Waals surface area contributed by atoms with E-state index in [1.54, 1.807) is 0 Å². The van der Waals surface area contributed by atoms with Gasteiger partial charge in [0.25, 0.3) is 0 Å². The summed E-state index contributed by atoms with van der Waals surface area (Å²) in [6.45, 7) is 4.64. The van der Waals surface area contributed by atoms with Crippen LogP contribution in [0.4, 0.5) is 0 Å². The first-order valence-corrected chi connectivity index (χ1v) is 8.95. The average Bonchev–Trinajstić information content (AvgIpc) is 3.17. The van der Waals surface area contributed by atoms with Crippen LogP contribution in [0.15, 0.2) is 0 Å². The molecule has 3 nitrogen and oxygen atoms in total. The predicted molar refractivity (Wildman–Crippen MR) is 84.7 cm³/mol. The molecule has 0 aromatic rings. The molecule has 0 amide bonds. The van der Waals surface area contributed by atoms with Crippen LogP contribution in [0, 0.1) is 17.3 Å². The third kappa shape index (κ3) is 4.14. The van der Waals surface area contributed by atoms with Gasteiger partial charge in [0.1, 0.15) is 0 Å². The van der Waals surface area contributed by atoms with Gasteiger partial charge in [0, 0.05) is 11.3 Å². The molecule has 0 aromatic carbocycles. The van der Waals surface area contributed by atoms with Gasteiger partial charge < -0.3 is 10.5 Å². The molecule has 0 spiro atoms. The standard InChI is InChI=1S/C16H29NO2S/c1-11(2)12-4-5-13(17)14(8-12)20-10-16(6-7-16)9-15(18)19-3/h11-14H,4-10,17H2,1-3H3. The zero-order valence-corrected chi connectivity index (χ0v) is 13.9. The molecule has 116 valence electrons. The van der Waals surface area contributed by atoms with Gasteiger partial charge in [0.15, 0.2) is 0 Å². The second-order valence-corrected chi connectivity index (χ2v) is 8.31. The highest BCUT2D eigenvalue weighted by atomic mass is 32.2. The highest BCUT2D eigenvalue weighted by molar-refractivity contribution is 8.00. The van der Waals surface area contributed by atoms with E-state index < -0.39 is 0 Å². The lowest BCUT2D eigenvalue weighted by molar-refractivity contribution is -0.141. The first kappa shape index (κ1) is 16.2. The lowest BCUT2D eigenvalue weighted by Crippen LogP contribution is -2.40. The Labute approximate surface area is 127 Å². The number of methoxy groups -OCH3 is 1. The molecule has 0 radical (unpaired) electrons. The molecular weight excluding hydrogens is 270 g/mol. The van der Waals surface area contributed by atoms with Crippen LogP contribution in [0.2, 0.25) is 0 Å². The van der Waals surface area contributed by atoms with E-state index in [0.717, 1.165) is 24.0 Å². The molecule has 0 aromatic heterocycles. The summed E-state index contributed by atoms with van der Waals surface area (Å²) in [5.41, 5.74) is 6.53. The van der Waals surface area contributed by atoms with Crippen molar-refractivity contribution in [3.8, 4) is 0 Å². The predicted octanol–water partition coefficient (Wildman–Crippen LogP) is 3.21. The van der Waals surface area contributed by atoms with E-state index in [0.29, 0.717) is 17.7 Å². The molecule has 2 fully saturated rings. The van der Waals surface area contributed by atoms with E-state index in [1.165, 1.54) is 32.8 Å². The number of hydrogen-bond donors (Lipinski definition) is 1. The van der Waals surface area contributed by atoms with Crippen LogP contribution in [0.25, 0.3) is 0 Å². The zero-order valence-electron chi connectivity index (χ0n) is 13.1. The number of esters is 1. The fourth-order valence-electron chi connectivity index (χ4n) is 3.19. The number of carbonyl (C=O) groups excluding carboxylic acids is 1. The Morgan fingerprint density at radius 1 is 1.40 bits per heavy atom. The Bertz CT molecular complexity index is 341. The molecule has 2 N–H and O–H groups in total. The second kappa shape index (κ2) is 6.69. The molecule has 0 heterocycles. The molecule has 20 heavy (non-hydrogen) atoms. The average molecular weight is 299 g/mol. The third-order valence-corrected chi connectivity index (χ3v) is 6.88. The van der Waals surface area contributed by atoms with Crippen LogP contribution in [0.3, 0.4) is 0 Å². The van der Waals surface area contributed by atoms with E-state index in [9.17, 15) is 4.79 Å². The number of carbonyl (C=O) groups is 1. The monoisotopic (exact) mass is 299 g/mol. The van der Waals surface area contributed by atoms with E-state index >= 15 is 0 Å². The maximum Gasteiger partial charge on any atom is 0.306 e. The minimum absolute atomic E-state index is 0.0592. The highest BCUT2D eigenvalue weighted by Gasteiger charge is 2.45. The van der Waals surface area contributed by atoms with Crippen molar-refractivity contribution in [2.45, 2.75) is 63.7 Å². The fourth-order valence-corrected chi connectivity index (χ4v) is 4.92. The Morgan fingerprint density at radius 3 is 2.65 bits per heavy atom. The van der Waals surface area contributed by atoms with E-state index in [4.69, 9.17) is 10.5 Å². The molecule has 3 atom stereocenters. The van der Waals surface area contributed by atoms with Crippen LogP contribution in [-0.2, 0) is 9.53 Å². The smallest absolute Gasteiger partial charge is 0.306 e. The molecule has 2 rings (SSSR count). The van der Waals surface area contributed by atoms with Crippen molar-refractivity contribution in [1.29, 1.82) is 0 Å². The molecule has 0 bridgehead atoms. The molecule has 3 unspecified atom stereocenters. The van der Waals surface area contributed by atoms with Gasteiger partial charge in [-0.15, -0.1) is 0 Å². The van der Waals surface area contributed by atoms with Crippen molar-refractivity contribution in [2.24, 2.45) is 23.0 Å². The van der Waals surface area contributed by atoms with E-state index in [2.05, 4.69) is 13.8 Å². The van der Waals surface area contributed by atoms with Gasteiger partial charge in [0.05, 0.1) is 13.5 Å². The highest BCUT2D eigenvalue weighted by Crippen LogP contribution is 2.52. The fraction of sp³-hybridized carbons (Fsp3) is 0.938. The summed E-state index contributed by atoms with van der Waals surface area (Å²) in [6, 6.07) is 0.337. The van der Waals surface area contributed by atoms with Gasteiger partial charge in [-0.25, -0.2) is 0 Å². The van der Waals surface area contributed by atoms with Gasteiger partial charge in [-0.2, -0.15) is 11.8 Å². The number of thioether (sulfide) groups is 1.